The molecule has 7 nitrogen and oxygen atoms in total. The molecular weight excluding hydrogens is 436 g/mol. The van der Waals surface area contributed by atoms with E-state index in [0.717, 1.165) is 27.5 Å². The van der Waals surface area contributed by atoms with Crippen molar-refractivity contribution in [1.29, 1.82) is 5.41 Å². The molecule has 0 aromatic heterocycles. The van der Waals surface area contributed by atoms with Crippen molar-refractivity contribution < 1.29 is 14.3 Å². The van der Waals surface area contributed by atoms with Crippen molar-refractivity contribution in [3.8, 4) is 11.5 Å². The zero-order valence-corrected chi connectivity index (χ0v) is 19.9. The fourth-order valence-electron chi connectivity index (χ4n) is 3.40. The monoisotopic (exact) mass is 462 g/mol. The van der Waals surface area contributed by atoms with Gasteiger partial charge in [0.25, 0.3) is 5.91 Å². The van der Waals surface area contributed by atoms with Gasteiger partial charge in [0, 0.05) is 5.92 Å². The number of carbonyl (C=O) groups excluding carboxylic acids is 1. The molecule has 4 rings (SSSR count). The number of ether oxygens (including phenoxy) is 2. The van der Waals surface area contributed by atoms with Crippen LogP contribution in [0, 0.1) is 25.2 Å². The van der Waals surface area contributed by atoms with E-state index < -0.39 is 5.91 Å². The molecule has 170 valence electrons. The maximum absolute atomic E-state index is 12.5. The summed E-state index contributed by atoms with van der Waals surface area (Å²) in [4.78, 5) is 16.6. The van der Waals surface area contributed by atoms with Gasteiger partial charge in [0.2, 0.25) is 5.17 Å². The number of hydrogen-bond acceptors (Lipinski definition) is 6. The summed E-state index contributed by atoms with van der Waals surface area (Å²) in [6.45, 7) is 8.98. The average molecular weight is 463 g/mol. The van der Waals surface area contributed by atoms with Gasteiger partial charge in [-0.15, -0.1) is 0 Å². The van der Waals surface area contributed by atoms with Gasteiger partial charge in [-0.1, -0.05) is 32.0 Å². The Morgan fingerprint density at radius 1 is 1.03 bits per heavy atom. The number of nitrogens with one attached hydrogen (secondary N) is 1. The van der Waals surface area contributed by atoms with Crippen molar-refractivity contribution in [2.75, 3.05) is 13.2 Å². The molecule has 0 atom stereocenters. The molecule has 0 unspecified atom stereocenters. The summed E-state index contributed by atoms with van der Waals surface area (Å²) in [5, 5.41) is 15.6. The third kappa shape index (κ3) is 5.34. The number of amidine groups is 2. The lowest BCUT2D eigenvalue weighted by molar-refractivity contribution is -0.114. The highest BCUT2D eigenvalue weighted by atomic mass is 32.2. The van der Waals surface area contributed by atoms with Crippen LogP contribution in [0.2, 0.25) is 0 Å². The van der Waals surface area contributed by atoms with Crippen molar-refractivity contribution >= 4 is 39.8 Å². The molecule has 8 heteroatoms. The zero-order chi connectivity index (χ0) is 23.5. The van der Waals surface area contributed by atoms with Crippen LogP contribution in [-0.2, 0) is 4.79 Å². The summed E-state index contributed by atoms with van der Waals surface area (Å²) in [7, 11) is 0. The standard InChI is InChI=1S/C25H26N4O3S/c1-15(2)24-28-29-22(26)21(23(30)27-25(29)33-24)14-18-5-7-19(8-6-18)31-9-10-32-20-12-16(3)11-17(4)13-20/h5-8,11-15,26H,9-10H2,1-4H3/b21-14-,26-22?. The Morgan fingerprint density at radius 3 is 2.30 bits per heavy atom. The lowest BCUT2D eigenvalue weighted by Crippen LogP contribution is -2.35. The number of aryl methyl sites for hydroxylation is 2. The number of nitrogens with zero attached hydrogens (tertiary/aromatic N) is 3. The van der Waals surface area contributed by atoms with E-state index in [-0.39, 0.29) is 17.3 Å². The average Bonchev–Trinajstić information content (AvgIpc) is 3.19. The van der Waals surface area contributed by atoms with Gasteiger partial charge >= 0.3 is 0 Å². The highest BCUT2D eigenvalue weighted by Gasteiger charge is 2.36. The molecule has 33 heavy (non-hydrogen) atoms. The highest BCUT2D eigenvalue weighted by molar-refractivity contribution is 8.27. The Labute approximate surface area is 197 Å². The molecule has 2 aromatic rings. The van der Waals surface area contributed by atoms with E-state index in [1.165, 1.54) is 16.8 Å². The van der Waals surface area contributed by atoms with Gasteiger partial charge in [0.05, 0.1) is 5.57 Å². The quantitative estimate of drug-likeness (QED) is 0.460. The number of aliphatic imine (C=N–C) groups is 1. The van der Waals surface area contributed by atoms with Crippen LogP contribution >= 0.6 is 11.8 Å². The molecule has 0 radical (unpaired) electrons. The van der Waals surface area contributed by atoms with Crippen LogP contribution in [0.1, 0.15) is 30.5 Å². The first-order valence-electron chi connectivity index (χ1n) is 10.7. The molecule has 0 bridgehead atoms. The molecular formula is C25H26N4O3S. The molecule has 1 amide bonds. The predicted octanol–water partition coefficient (Wildman–Crippen LogP) is 5.04. The smallest absolute Gasteiger partial charge is 0.283 e. The van der Waals surface area contributed by atoms with Crippen LogP contribution in [0.15, 0.2) is 58.1 Å². The number of hydrogen-bond donors (Lipinski definition) is 1. The van der Waals surface area contributed by atoms with Gasteiger partial charge in [-0.2, -0.15) is 15.1 Å². The number of rotatable bonds is 7. The number of fused-ring (bicyclic) bond motifs is 1. The summed E-state index contributed by atoms with van der Waals surface area (Å²) in [5.41, 5.74) is 3.32. The second-order valence-electron chi connectivity index (χ2n) is 8.20. The molecule has 2 heterocycles. The van der Waals surface area contributed by atoms with Crippen molar-refractivity contribution in [3.05, 3.63) is 64.7 Å². The number of benzene rings is 2. The van der Waals surface area contributed by atoms with E-state index in [9.17, 15) is 4.79 Å². The summed E-state index contributed by atoms with van der Waals surface area (Å²) in [6, 6.07) is 13.5. The molecule has 2 aliphatic heterocycles. The fourth-order valence-corrected chi connectivity index (χ4v) is 4.29. The predicted molar refractivity (Wildman–Crippen MR) is 133 cm³/mol. The number of amides is 1. The van der Waals surface area contributed by atoms with Gasteiger partial charge in [0.1, 0.15) is 29.8 Å². The summed E-state index contributed by atoms with van der Waals surface area (Å²) in [5.74, 6) is 1.36. The lowest BCUT2D eigenvalue weighted by atomic mass is 10.1. The van der Waals surface area contributed by atoms with E-state index in [4.69, 9.17) is 14.9 Å². The molecule has 0 saturated carbocycles. The topological polar surface area (TPSA) is 87.3 Å². The molecule has 0 fully saturated rings. The minimum absolute atomic E-state index is 0.0389. The van der Waals surface area contributed by atoms with E-state index in [0.29, 0.717) is 24.1 Å². The second kappa shape index (κ2) is 9.62. The summed E-state index contributed by atoms with van der Waals surface area (Å²) >= 11 is 1.34. The fraction of sp³-hybridized carbons (Fsp3) is 0.280. The summed E-state index contributed by atoms with van der Waals surface area (Å²) in [6.07, 6.45) is 1.66. The third-order valence-electron chi connectivity index (χ3n) is 4.97. The number of hydrazone groups is 1. The van der Waals surface area contributed by atoms with Gasteiger partial charge in [-0.3, -0.25) is 10.2 Å². The minimum atomic E-state index is -0.428. The van der Waals surface area contributed by atoms with Gasteiger partial charge < -0.3 is 9.47 Å². The van der Waals surface area contributed by atoms with E-state index in [1.54, 1.807) is 6.08 Å². The van der Waals surface area contributed by atoms with E-state index >= 15 is 0 Å². The lowest BCUT2D eigenvalue weighted by Gasteiger charge is -2.20. The van der Waals surface area contributed by atoms with E-state index in [2.05, 4.69) is 16.2 Å². The van der Waals surface area contributed by atoms with Crippen molar-refractivity contribution in [2.24, 2.45) is 16.0 Å². The Balaban J connectivity index is 1.36. The van der Waals surface area contributed by atoms with Crippen LogP contribution in [-0.4, -0.2) is 40.2 Å². The largest absolute Gasteiger partial charge is 0.490 e. The zero-order valence-electron chi connectivity index (χ0n) is 19.1. The first kappa shape index (κ1) is 22.8. The van der Waals surface area contributed by atoms with Crippen LogP contribution < -0.4 is 9.47 Å². The molecule has 0 spiro atoms. The van der Waals surface area contributed by atoms with Crippen molar-refractivity contribution in [1.82, 2.24) is 5.01 Å². The molecule has 2 aliphatic rings. The Bertz CT molecular complexity index is 1160. The van der Waals surface area contributed by atoms with Crippen LogP contribution in [0.3, 0.4) is 0 Å². The van der Waals surface area contributed by atoms with E-state index in [1.807, 2.05) is 64.1 Å². The van der Waals surface area contributed by atoms with Crippen molar-refractivity contribution in [2.45, 2.75) is 27.7 Å². The maximum atomic E-state index is 12.5. The molecule has 1 N–H and O–H groups in total. The second-order valence-corrected chi connectivity index (χ2v) is 9.19. The van der Waals surface area contributed by atoms with Crippen LogP contribution in [0.5, 0.6) is 11.5 Å². The SMILES string of the molecule is Cc1cc(C)cc(OCCOc2ccc(/C=C3/C(=N)N4N=C(C(C)C)SC4=NC3=O)cc2)c1. The Kier molecular flexibility index (Phi) is 6.65. The van der Waals surface area contributed by atoms with Gasteiger partial charge in [-0.05, 0) is 72.6 Å². The highest BCUT2D eigenvalue weighted by Crippen LogP contribution is 2.30. The molecule has 0 aliphatic carbocycles. The van der Waals surface area contributed by atoms with Crippen molar-refractivity contribution in [3.63, 3.8) is 0 Å². The van der Waals surface area contributed by atoms with Gasteiger partial charge in [-0.25, -0.2) is 0 Å². The summed E-state index contributed by atoms with van der Waals surface area (Å²) < 4.78 is 11.5. The number of carbonyl (C=O) groups is 1. The van der Waals surface area contributed by atoms with Crippen LogP contribution in [0.4, 0.5) is 0 Å². The third-order valence-corrected chi connectivity index (χ3v) is 6.18. The molecule has 0 saturated heterocycles. The first-order chi connectivity index (χ1) is 15.8. The number of thioether (sulfide) groups is 1. The first-order valence-corrected chi connectivity index (χ1v) is 11.6. The molecule has 2 aromatic carbocycles. The van der Waals surface area contributed by atoms with Crippen LogP contribution in [0.25, 0.3) is 6.08 Å². The van der Waals surface area contributed by atoms with Gasteiger partial charge in [0.15, 0.2) is 5.84 Å². The Morgan fingerprint density at radius 2 is 1.67 bits per heavy atom. The Hall–Kier alpha value is -3.39. The maximum Gasteiger partial charge on any atom is 0.283 e. The minimum Gasteiger partial charge on any atom is -0.490 e. The normalized spacial score (nSPS) is 16.8.